The van der Waals surface area contributed by atoms with Gasteiger partial charge in [-0.1, -0.05) is 29.8 Å². The summed E-state index contributed by atoms with van der Waals surface area (Å²) in [5.41, 5.74) is 0. The fraction of sp³-hybridized carbons (Fsp3) is 0.625. The summed E-state index contributed by atoms with van der Waals surface area (Å²) in [5.74, 6) is 0.948. The van der Waals surface area contributed by atoms with E-state index in [0.717, 1.165) is 29.9 Å². The highest BCUT2D eigenvalue weighted by Crippen LogP contribution is 2.18. The lowest BCUT2D eigenvalue weighted by molar-refractivity contribution is 0.192. The van der Waals surface area contributed by atoms with Gasteiger partial charge < -0.3 is 10.1 Å². The van der Waals surface area contributed by atoms with E-state index in [9.17, 15) is 0 Å². The number of halogens is 1. The summed E-state index contributed by atoms with van der Waals surface area (Å²) in [4.78, 5) is 2.55. The van der Waals surface area contributed by atoms with Gasteiger partial charge in [0.25, 0.3) is 0 Å². The molecule has 0 spiro atoms. The maximum absolute atomic E-state index is 5.81. The molecule has 0 bridgehead atoms. The highest BCUT2D eigenvalue weighted by molar-refractivity contribution is 9.10. The van der Waals surface area contributed by atoms with Crippen molar-refractivity contribution >= 4 is 15.9 Å². The van der Waals surface area contributed by atoms with Gasteiger partial charge in [-0.3, -0.25) is 4.90 Å². The van der Waals surface area contributed by atoms with Gasteiger partial charge in [-0.15, -0.1) is 0 Å². The monoisotopic (exact) mass is 340 g/mol. The molecule has 0 radical (unpaired) electrons. The van der Waals surface area contributed by atoms with E-state index in [2.05, 4.69) is 40.0 Å². The summed E-state index contributed by atoms with van der Waals surface area (Å²) in [6.45, 7) is 8.48. The Kier molecular flexibility index (Phi) is 6.33. The predicted molar refractivity (Wildman–Crippen MR) is 87.4 cm³/mol. The van der Waals surface area contributed by atoms with Gasteiger partial charge in [0.2, 0.25) is 0 Å². The molecule has 4 heteroatoms. The summed E-state index contributed by atoms with van der Waals surface area (Å²) in [6, 6.07) is 9.28. The maximum Gasteiger partial charge on any atom is 0.119 e. The molecule has 20 heavy (non-hydrogen) atoms. The third-order valence-corrected chi connectivity index (χ3v) is 4.25. The van der Waals surface area contributed by atoms with Crippen LogP contribution in [0.2, 0.25) is 0 Å². The average molecular weight is 341 g/mol. The van der Waals surface area contributed by atoms with Crippen LogP contribution in [0.15, 0.2) is 28.7 Å². The Balaban J connectivity index is 1.71. The van der Waals surface area contributed by atoms with Crippen LogP contribution < -0.4 is 10.1 Å². The maximum atomic E-state index is 5.81. The van der Waals surface area contributed by atoms with Gasteiger partial charge in [0.15, 0.2) is 0 Å². The highest BCUT2D eigenvalue weighted by Gasteiger charge is 2.23. The zero-order chi connectivity index (χ0) is 14.4. The van der Waals surface area contributed by atoms with Gasteiger partial charge >= 0.3 is 0 Å². The van der Waals surface area contributed by atoms with Crippen molar-refractivity contribution in [3.8, 4) is 5.75 Å². The van der Waals surface area contributed by atoms with Gasteiger partial charge in [-0.25, -0.2) is 0 Å². The number of nitrogens with zero attached hydrogens (tertiary/aromatic N) is 1. The molecular weight excluding hydrogens is 316 g/mol. The van der Waals surface area contributed by atoms with E-state index in [1.54, 1.807) is 0 Å². The van der Waals surface area contributed by atoms with E-state index in [0.29, 0.717) is 12.1 Å². The molecule has 1 fully saturated rings. The van der Waals surface area contributed by atoms with Crippen molar-refractivity contribution in [2.45, 2.75) is 38.8 Å². The molecular formula is C16H25BrN2O. The van der Waals surface area contributed by atoms with Gasteiger partial charge in [-0.2, -0.15) is 0 Å². The quantitative estimate of drug-likeness (QED) is 0.824. The minimum Gasteiger partial charge on any atom is -0.492 e. The molecule has 2 rings (SSSR count). The molecule has 1 heterocycles. The van der Waals surface area contributed by atoms with Crippen molar-refractivity contribution in [1.82, 2.24) is 10.2 Å². The summed E-state index contributed by atoms with van der Waals surface area (Å²) in [6.07, 6.45) is 2.61. The third-order valence-electron chi connectivity index (χ3n) is 3.72. The minimum atomic E-state index is 0.566. The van der Waals surface area contributed by atoms with Crippen LogP contribution in [0.5, 0.6) is 5.75 Å². The lowest BCUT2D eigenvalue weighted by Gasteiger charge is -2.25. The average Bonchev–Trinajstić information content (AvgIpc) is 2.86. The third kappa shape index (κ3) is 5.08. The fourth-order valence-corrected chi connectivity index (χ4v) is 2.87. The van der Waals surface area contributed by atoms with Crippen LogP contribution in [0.4, 0.5) is 0 Å². The summed E-state index contributed by atoms with van der Waals surface area (Å²) >= 11 is 3.43. The lowest BCUT2D eigenvalue weighted by atomic mass is 10.2. The first-order valence-corrected chi connectivity index (χ1v) is 8.30. The van der Waals surface area contributed by atoms with Gasteiger partial charge in [-0.05, 0) is 43.7 Å². The Morgan fingerprint density at radius 1 is 1.35 bits per heavy atom. The van der Waals surface area contributed by atoms with Crippen molar-refractivity contribution in [3.63, 3.8) is 0 Å². The van der Waals surface area contributed by atoms with E-state index in [-0.39, 0.29) is 0 Å². The first kappa shape index (κ1) is 15.8. The molecule has 1 aromatic rings. The lowest BCUT2D eigenvalue weighted by Crippen LogP contribution is -2.41. The van der Waals surface area contributed by atoms with Crippen LogP contribution in [-0.4, -0.2) is 43.2 Å². The van der Waals surface area contributed by atoms with Crippen molar-refractivity contribution in [3.05, 3.63) is 28.7 Å². The van der Waals surface area contributed by atoms with Crippen LogP contribution in [0.3, 0.4) is 0 Å². The first-order chi connectivity index (χ1) is 9.65. The second-order valence-electron chi connectivity index (χ2n) is 5.70. The largest absolute Gasteiger partial charge is 0.492 e. The van der Waals surface area contributed by atoms with Crippen LogP contribution in [0.25, 0.3) is 0 Å². The van der Waals surface area contributed by atoms with Crippen molar-refractivity contribution in [1.29, 1.82) is 0 Å². The number of ether oxygens (including phenoxy) is 1. The zero-order valence-electron chi connectivity index (χ0n) is 12.4. The molecule has 1 atom stereocenters. The number of rotatable bonds is 7. The van der Waals surface area contributed by atoms with E-state index in [4.69, 9.17) is 4.74 Å². The second-order valence-corrected chi connectivity index (χ2v) is 6.61. The van der Waals surface area contributed by atoms with Crippen LogP contribution >= 0.6 is 15.9 Å². The summed E-state index contributed by atoms with van der Waals surface area (Å²) in [5, 5.41) is 3.54. The molecule has 1 unspecified atom stereocenters. The van der Waals surface area contributed by atoms with E-state index in [1.165, 1.54) is 19.4 Å². The normalized spacial score (nSPS) is 19.7. The molecule has 1 aromatic carbocycles. The second kappa shape index (κ2) is 8.01. The minimum absolute atomic E-state index is 0.566. The number of likely N-dealkylation sites (tertiary alicyclic amines) is 1. The van der Waals surface area contributed by atoms with Crippen molar-refractivity contribution in [2.75, 3.05) is 26.2 Å². The molecule has 1 saturated heterocycles. The Bertz CT molecular complexity index is 394. The summed E-state index contributed by atoms with van der Waals surface area (Å²) in [7, 11) is 0. The molecule has 1 aliphatic rings. The van der Waals surface area contributed by atoms with Gasteiger partial charge in [0.1, 0.15) is 12.4 Å². The van der Waals surface area contributed by atoms with Gasteiger partial charge in [0, 0.05) is 29.6 Å². The van der Waals surface area contributed by atoms with E-state index in [1.807, 2.05) is 24.3 Å². The number of nitrogens with one attached hydrogen (secondary N) is 1. The molecule has 0 aliphatic carbocycles. The number of hydrogen-bond donors (Lipinski definition) is 1. The Hall–Kier alpha value is -0.580. The standard InChI is InChI=1S/C16H25BrN2O/c1-13(2)18-12-15-4-3-9-19(15)10-11-20-16-7-5-14(17)6-8-16/h5-8,13,15,18H,3-4,9-12H2,1-2H3. The molecule has 112 valence electrons. The Labute approximate surface area is 130 Å². The first-order valence-electron chi connectivity index (χ1n) is 7.51. The Morgan fingerprint density at radius 2 is 2.10 bits per heavy atom. The number of hydrogen-bond acceptors (Lipinski definition) is 3. The molecule has 3 nitrogen and oxygen atoms in total. The molecule has 0 aromatic heterocycles. The van der Waals surface area contributed by atoms with Crippen molar-refractivity contribution < 1.29 is 4.74 Å². The van der Waals surface area contributed by atoms with Crippen molar-refractivity contribution in [2.24, 2.45) is 0 Å². The highest BCUT2D eigenvalue weighted by atomic mass is 79.9. The smallest absolute Gasteiger partial charge is 0.119 e. The Morgan fingerprint density at radius 3 is 2.80 bits per heavy atom. The molecule has 1 aliphatic heterocycles. The van der Waals surface area contributed by atoms with E-state index < -0.39 is 0 Å². The van der Waals surface area contributed by atoms with E-state index >= 15 is 0 Å². The SMILES string of the molecule is CC(C)NCC1CCCN1CCOc1ccc(Br)cc1. The van der Waals surface area contributed by atoms with Crippen LogP contribution in [0, 0.1) is 0 Å². The predicted octanol–water partition coefficient (Wildman–Crippen LogP) is 3.29. The van der Waals surface area contributed by atoms with Crippen LogP contribution in [-0.2, 0) is 0 Å². The van der Waals surface area contributed by atoms with Crippen LogP contribution in [0.1, 0.15) is 26.7 Å². The molecule has 0 saturated carbocycles. The number of benzene rings is 1. The molecule has 1 N–H and O–H groups in total. The molecule has 0 amide bonds. The van der Waals surface area contributed by atoms with Gasteiger partial charge in [0.05, 0.1) is 0 Å². The topological polar surface area (TPSA) is 24.5 Å². The fourth-order valence-electron chi connectivity index (χ4n) is 2.60. The summed E-state index contributed by atoms with van der Waals surface area (Å²) < 4.78 is 6.90. The zero-order valence-corrected chi connectivity index (χ0v) is 14.0.